The minimum absolute atomic E-state index is 0.169. The van der Waals surface area contributed by atoms with Crippen LogP contribution in [0, 0.1) is 30.6 Å². The zero-order chi connectivity index (χ0) is 17.7. The molecular weight excluding hydrogens is 316 g/mol. The number of hydrogen-bond acceptors (Lipinski definition) is 3. The number of likely N-dealkylation sites (tertiary alicyclic amines) is 1. The van der Waals surface area contributed by atoms with Gasteiger partial charge in [0.1, 0.15) is 6.54 Å². The highest BCUT2D eigenvalue weighted by Crippen LogP contribution is 2.52. The topological polar surface area (TPSA) is 66.5 Å². The molecule has 1 heterocycles. The third-order valence-corrected chi connectivity index (χ3v) is 5.87. The lowest BCUT2D eigenvalue weighted by atomic mass is 9.85. The van der Waals surface area contributed by atoms with E-state index in [1.54, 1.807) is 0 Å². The van der Waals surface area contributed by atoms with E-state index in [0.29, 0.717) is 0 Å². The normalized spacial score (nSPS) is 29.4. The van der Waals surface area contributed by atoms with Crippen LogP contribution >= 0.6 is 0 Å². The summed E-state index contributed by atoms with van der Waals surface area (Å²) in [6.45, 7) is 3.78. The molecule has 0 unspecified atom stereocenters. The third kappa shape index (κ3) is 2.41. The number of aryl methyl sites for hydroxylation is 2. The van der Waals surface area contributed by atoms with E-state index in [1.807, 2.05) is 32.0 Å². The van der Waals surface area contributed by atoms with Gasteiger partial charge in [-0.15, -0.1) is 0 Å². The quantitative estimate of drug-likeness (QED) is 0.677. The Labute approximate surface area is 147 Å². The zero-order valence-corrected chi connectivity index (χ0v) is 14.5. The van der Waals surface area contributed by atoms with Crippen molar-refractivity contribution in [3.8, 4) is 0 Å². The summed E-state index contributed by atoms with van der Waals surface area (Å²) in [6, 6.07) is 5.87. The van der Waals surface area contributed by atoms with Gasteiger partial charge in [-0.2, -0.15) is 0 Å². The maximum Gasteiger partial charge on any atom is 0.244 e. The van der Waals surface area contributed by atoms with Crippen LogP contribution in [0.2, 0.25) is 0 Å². The highest BCUT2D eigenvalue weighted by molar-refractivity contribution is 6.09. The largest absolute Gasteiger partial charge is 0.324 e. The second kappa shape index (κ2) is 5.83. The molecule has 1 aliphatic heterocycles. The average molecular weight is 338 g/mol. The Kier molecular flexibility index (Phi) is 3.74. The Morgan fingerprint density at radius 2 is 1.80 bits per heavy atom. The molecule has 2 aliphatic carbocycles. The summed E-state index contributed by atoms with van der Waals surface area (Å²) >= 11 is 0. The number of para-hydroxylation sites is 1. The number of nitrogens with one attached hydrogen (secondary N) is 1. The van der Waals surface area contributed by atoms with Gasteiger partial charge < -0.3 is 5.32 Å². The standard InChI is InChI=1S/C20H22N2O3/c1-3-12-6-4-5-11(2)18(12)21-15(23)10-22-19(24)16-13-7-8-14(9-13)17(16)20(22)25/h4-8,13-14,16-17H,3,9-10H2,1-2H3,(H,21,23)/t13-,14-,16-,17+/m0/s1. The molecule has 3 amide bonds. The fourth-order valence-corrected chi connectivity index (χ4v) is 4.64. The molecule has 2 fully saturated rings. The summed E-state index contributed by atoms with van der Waals surface area (Å²) in [7, 11) is 0. The molecule has 1 saturated carbocycles. The summed E-state index contributed by atoms with van der Waals surface area (Å²) in [5.74, 6) is -0.832. The van der Waals surface area contributed by atoms with E-state index in [1.165, 1.54) is 4.90 Å². The third-order valence-electron chi connectivity index (χ3n) is 5.87. The summed E-state index contributed by atoms with van der Waals surface area (Å²) in [5.41, 5.74) is 2.81. The van der Waals surface area contributed by atoms with Crippen molar-refractivity contribution in [3.63, 3.8) is 0 Å². The lowest BCUT2D eigenvalue weighted by Crippen LogP contribution is -2.39. The van der Waals surface area contributed by atoms with Gasteiger partial charge in [0.25, 0.3) is 0 Å². The molecule has 1 aromatic rings. The minimum atomic E-state index is -0.314. The van der Waals surface area contributed by atoms with Gasteiger partial charge in [-0.1, -0.05) is 37.3 Å². The second-order valence-electron chi connectivity index (χ2n) is 7.27. The van der Waals surface area contributed by atoms with E-state index in [0.717, 1.165) is 29.7 Å². The average Bonchev–Trinajstić information content (AvgIpc) is 3.26. The molecule has 1 aromatic carbocycles. The highest BCUT2D eigenvalue weighted by Gasteiger charge is 2.59. The maximum absolute atomic E-state index is 12.7. The molecule has 130 valence electrons. The number of anilines is 1. The molecule has 0 spiro atoms. The monoisotopic (exact) mass is 338 g/mol. The van der Waals surface area contributed by atoms with Gasteiger partial charge in [-0.05, 0) is 42.7 Å². The molecule has 3 aliphatic rings. The molecule has 0 radical (unpaired) electrons. The molecule has 1 N–H and O–H groups in total. The number of benzene rings is 1. The van der Waals surface area contributed by atoms with Crippen LogP contribution < -0.4 is 5.32 Å². The predicted octanol–water partition coefficient (Wildman–Crippen LogP) is 2.30. The fraction of sp³-hybridized carbons (Fsp3) is 0.450. The van der Waals surface area contributed by atoms with Gasteiger partial charge in [0.2, 0.25) is 17.7 Å². The van der Waals surface area contributed by atoms with E-state index in [-0.39, 0.29) is 47.9 Å². The van der Waals surface area contributed by atoms with Gasteiger partial charge in [0, 0.05) is 5.69 Å². The number of amides is 3. The maximum atomic E-state index is 12.7. The van der Waals surface area contributed by atoms with Crippen molar-refractivity contribution in [3.05, 3.63) is 41.5 Å². The molecule has 5 nitrogen and oxygen atoms in total. The molecule has 4 atom stereocenters. The number of fused-ring (bicyclic) bond motifs is 5. The van der Waals surface area contributed by atoms with Crippen LogP contribution in [-0.2, 0) is 20.8 Å². The van der Waals surface area contributed by atoms with Gasteiger partial charge in [0.05, 0.1) is 11.8 Å². The number of carbonyl (C=O) groups is 3. The van der Waals surface area contributed by atoms with Crippen molar-refractivity contribution < 1.29 is 14.4 Å². The Balaban J connectivity index is 1.49. The minimum Gasteiger partial charge on any atom is -0.324 e. The first-order chi connectivity index (χ1) is 12.0. The molecular formula is C20H22N2O3. The summed E-state index contributed by atoms with van der Waals surface area (Å²) in [5, 5.41) is 2.90. The molecule has 0 aromatic heterocycles. The zero-order valence-electron chi connectivity index (χ0n) is 14.5. The fourth-order valence-electron chi connectivity index (χ4n) is 4.64. The molecule has 5 heteroatoms. The second-order valence-corrected chi connectivity index (χ2v) is 7.27. The van der Waals surface area contributed by atoms with E-state index in [9.17, 15) is 14.4 Å². The van der Waals surface area contributed by atoms with E-state index in [4.69, 9.17) is 0 Å². The van der Waals surface area contributed by atoms with Gasteiger partial charge in [-0.3, -0.25) is 19.3 Å². The van der Waals surface area contributed by atoms with Crippen molar-refractivity contribution in [1.29, 1.82) is 0 Å². The summed E-state index contributed by atoms with van der Waals surface area (Å²) in [6.07, 6.45) is 5.82. The number of hydrogen-bond donors (Lipinski definition) is 1. The number of rotatable bonds is 4. The van der Waals surface area contributed by atoms with Crippen LogP contribution in [0.3, 0.4) is 0 Å². The van der Waals surface area contributed by atoms with Crippen molar-refractivity contribution in [2.75, 3.05) is 11.9 Å². The van der Waals surface area contributed by atoms with E-state index < -0.39 is 0 Å². The highest BCUT2D eigenvalue weighted by atomic mass is 16.2. The summed E-state index contributed by atoms with van der Waals surface area (Å²) in [4.78, 5) is 39.0. The van der Waals surface area contributed by atoms with Crippen LogP contribution in [0.1, 0.15) is 24.5 Å². The van der Waals surface area contributed by atoms with Crippen LogP contribution in [0.5, 0.6) is 0 Å². The number of imide groups is 1. The number of carbonyl (C=O) groups excluding carboxylic acids is 3. The smallest absolute Gasteiger partial charge is 0.244 e. The predicted molar refractivity (Wildman–Crippen MR) is 93.6 cm³/mol. The first-order valence-electron chi connectivity index (χ1n) is 8.93. The molecule has 25 heavy (non-hydrogen) atoms. The van der Waals surface area contributed by atoms with Crippen LogP contribution in [0.4, 0.5) is 5.69 Å². The molecule has 1 saturated heterocycles. The lowest BCUT2D eigenvalue weighted by molar-refractivity contribution is -0.143. The van der Waals surface area contributed by atoms with E-state index in [2.05, 4.69) is 17.5 Å². The molecule has 4 rings (SSSR count). The number of nitrogens with zero attached hydrogens (tertiary/aromatic N) is 1. The first-order valence-corrected chi connectivity index (χ1v) is 8.93. The number of allylic oxidation sites excluding steroid dienone is 2. The summed E-state index contributed by atoms with van der Waals surface area (Å²) < 4.78 is 0. The van der Waals surface area contributed by atoms with Crippen LogP contribution in [0.15, 0.2) is 30.4 Å². The van der Waals surface area contributed by atoms with Gasteiger partial charge >= 0.3 is 0 Å². The van der Waals surface area contributed by atoms with Crippen molar-refractivity contribution in [1.82, 2.24) is 4.90 Å². The van der Waals surface area contributed by atoms with Gasteiger partial charge in [-0.25, -0.2) is 0 Å². The van der Waals surface area contributed by atoms with Crippen LogP contribution in [-0.4, -0.2) is 29.2 Å². The Morgan fingerprint density at radius 1 is 1.16 bits per heavy atom. The SMILES string of the molecule is CCc1cccc(C)c1NC(=O)CN1C(=O)[C@@H]2[C@H](C1=O)[C@H]1C=C[C@H]2C1. The Bertz CT molecular complexity index is 768. The van der Waals surface area contributed by atoms with Crippen molar-refractivity contribution >= 4 is 23.4 Å². The van der Waals surface area contributed by atoms with Crippen molar-refractivity contribution in [2.45, 2.75) is 26.7 Å². The molecule has 2 bridgehead atoms. The van der Waals surface area contributed by atoms with Crippen molar-refractivity contribution in [2.24, 2.45) is 23.7 Å². The Hall–Kier alpha value is -2.43. The lowest BCUT2D eigenvalue weighted by Gasteiger charge is -2.18. The van der Waals surface area contributed by atoms with Gasteiger partial charge in [0.15, 0.2) is 0 Å². The van der Waals surface area contributed by atoms with E-state index >= 15 is 0 Å². The first kappa shape index (κ1) is 16.1. The van der Waals surface area contributed by atoms with Crippen LogP contribution in [0.25, 0.3) is 0 Å². The Morgan fingerprint density at radius 3 is 2.40 bits per heavy atom.